The van der Waals surface area contributed by atoms with Crippen LogP contribution in [-0.2, 0) is 11.3 Å². The number of methoxy groups -OCH3 is 1. The van der Waals surface area contributed by atoms with Crippen molar-refractivity contribution in [2.24, 2.45) is 0 Å². The quantitative estimate of drug-likeness (QED) is 0.640. The lowest BCUT2D eigenvalue weighted by molar-refractivity contribution is 0.0601. The van der Waals surface area contributed by atoms with Gasteiger partial charge in [-0.25, -0.2) is 9.78 Å². The van der Waals surface area contributed by atoms with Crippen molar-refractivity contribution in [3.8, 4) is 0 Å². The van der Waals surface area contributed by atoms with Crippen LogP contribution in [-0.4, -0.2) is 24.0 Å². The number of carbonyl (C=O) groups is 2. The summed E-state index contributed by atoms with van der Waals surface area (Å²) in [5.41, 5.74) is 3.62. The first-order valence-electron chi connectivity index (χ1n) is 8.81. The van der Waals surface area contributed by atoms with Crippen molar-refractivity contribution >= 4 is 23.4 Å². The van der Waals surface area contributed by atoms with Gasteiger partial charge in [0.05, 0.1) is 18.4 Å². The highest BCUT2D eigenvalue weighted by molar-refractivity contribution is 5.97. The third-order valence-electron chi connectivity index (χ3n) is 4.19. The molecule has 1 aromatic heterocycles. The van der Waals surface area contributed by atoms with Crippen LogP contribution in [0.3, 0.4) is 0 Å². The van der Waals surface area contributed by atoms with Crippen molar-refractivity contribution in [3.05, 3.63) is 89.1 Å². The van der Waals surface area contributed by atoms with Crippen molar-refractivity contribution in [2.75, 3.05) is 12.4 Å². The van der Waals surface area contributed by atoms with Gasteiger partial charge in [0.25, 0.3) is 5.91 Å². The van der Waals surface area contributed by atoms with Gasteiger partial charge in [0.2, 0.25) is 0 Å². The standard InChI is InChI=1S/C22H21N3O3/c1-15-7-9-16(10-8-15)14-24-21(26)17-11-12-23-20(13-17)25-19-6-4-3-5-18(19)22(27)28-2/h3-13H,14H2,1-2H3,(H,23,25)(H,24,26). The highest BCUT2D eigenvalue weighted by atomic mass is 16.5. The Bertz CT molecular complexity index is 984. The fourth-order valence-corrected chi connectivity index (χ4v) is 2.65. The molecule has 2 N–H and O–H groups in total. The van der Waals surface area contributed by atoms with E-state index in [0.717, 1.165) is 5.56 Å². The molecule has 0 radical (unpaired) electrons. The van der Waals surface area contributed by atoms with Crippen LogP contribution in [0.25, 0.3) is 0 Å². The molecule has 6 nitrogen and oxygen atoms in total. The average molecular weight is 375 g/mol. The molecule has 0 atom stereocenters. The predicted molar refractivity (Wildman–Crippen MR) is 108 cm³/mol. The lowest BCUT2D eigenvalue weighted by Gasteiger charge is -2.11. The molecular weight excluding hydrogens is 354 g/mol. The Balaban J connectivity index is 1.71. The first kappa shape index (κ1) is 19.1. The molecule has 0 saturated heterocycles. The van der Waals surface area contributed by atoms with Gasteiger partial charge in [-0.1, -0.05) is 42.0 Å². The number of hydrogen-bond donors (Lipinski definition) is 2. The predicted octanol–water partition coefficient (Wildman–Crippen LogP) is 3.85. The van der Waals surface area contributed by atoms with Gasteiger partial charge in [0.15, 0.2) is 0 Å². The summed E-state index contributed by atoms with van der Waals surface area (Å²) in [5.74, 6) is -0.193. The SMILES string of the molecule is COC(=O)c1ccccc1Nc1cc(C(=O)NCc2ccc(C)cc2)ccn1. The molecule has 1 amide bonds. The van der Waals surface area contributed by atoms with Gasteiger partial charge in [-0.3, -0.25) is 4.79 Å². The van der Waals surface area contributed by atoms with Crippen molar-refractivity contribution in [1.82, 2.24) is 10.3 Å². The zero-order valence-corrected chi connectivity index (χ0v) is 15.7. The Morgan fingerprint density at radius 3 is 2.54 bits per heavy atom. The Labute approximate surface area is 163 Å². The van der Waals surface area contributed by atoms with Crippen LogP contribution >= 0.6 is 0 Å². The third kappa shape index (κ3) is 4.73. The van der Waals surface area contributed by atoms with E-state index in [4.69, 9.17) is 4.74 Å². The monoisotopic (exact) mass is 375 g/mol. The number of benzene rings is 2. The molecule has 0 spiro atoms. The molecule has 3 aromatic rings. The Kier molecular flexibility index (Phi) is 6.01. The second-order valence-electron chi connectivity index (χ2n) is 6.26. The summed E-state index contributed by atoms with van der Waals surface area (Å²) in [5, 5.41) is 5.97. The molecule has 0 unspecified atom stereocenters. The van der Waals surface area contributed by atoms with E-state index < -0.39 is 5.97 Å². The smallest absolute Gasteiger partial charge is 0.339 e. The van der Waals surface area contributed by atoms with Crippen LogP contribution in [0.15, 0.2) is 66.9 Å². The number of aromatic nitrogens is 1. The van der Waals surface area contributed by atoms with E-state index in [9.17, 15) is 9.59 Å². The second kappa shape index (κ2) is 8.81. The molecule has 1 heterocycles. The summed E-state index contributed by atoms with van der Waals surface area (Å²) in [6.07, 6.45) is 1.55. The van der Waals surface area contributed by atoms with Crippen molar-refractivity contribution < 1.29 is 14.3 Å². The molecule has 142 valence electrons. The molecule has 0 aliphatic carbocycles. The molecule has 0 fully saturated rings. The molecule has 0 aliphatic rings. The number of ether oxygens (including phenoxy) is 1. The van der Waals surface area contributed by atoms with Crippen LogP contribution in [0.5, 0.6) is 0 Å². The van der Waals surface area contributed by atoms with Gasteiger partial charge in [-0.15, -0.1) is 0 Å². The number of nitrogens with one attached hydrogen (secondary N) is 2. The van der Waals surface area contributed by atoms with Gasteiger partial charge in [-0.2, -0.15) is 0 Å². The molecule has 0 saturated carbocycles. The summed E-state index contributed by atoms with van der Waals surface area (Å²) < 4.78 is 4.79. The summed E-state index contributed by atoms with van der Waals surface area (Å²) in [6, 6.07) is 18.2. The summed E-state index contributed by atoms with van der Waals surface area (Å²) in [6.45, 7) is 2.46. The molecular formula is C22H21N3O3. The molecule has 6 heteroatoms. The fourth-order valence-electron chi connectivity index (χ4n) is 2.65. The average Bonchev–Trinajstić information content (AvgIpc) is 2.73. The minimum absolute atomic E-state index is 0.202. The number of aryl methyl sites for hydroxylation is 1. The van der Waals surface area contributed by atoms with E-state index in [1.54, 1.807) is 42.6 Å². The third-order valence-corrected chi connectivity index (χ3v) is 4.19. The van der Waals surface area contributed by atoms with E-state index in [1.807, 2.05) is 31.2 Å². The van der Waals surface area contributed by atoms with E-state index in [0.29, 0.717) is 29.2 Å². The summed E-state index contributed by atoms with van der Waals surface area (Å²) in [4.78, 5) is 28.6. The van der Waals surface area contributed by atoms with Crippen LogP contribution in [0.4, 0.5) is 11.5 Å². The van der Waals surface area contributed by atoms with E-state index >= 15 is 0 Å². The Hall–Kier alpha value is -3.67. The first-order valence-corrected chi connectivity index (χ1v) is 8.81. The number of nitrogens with zero attached hydrogens (tertiary/aromatic N) is 1. The number of anilines is 2. The van der Waals surface area contributed by atoms with Crippen LogP contribution in [0.1, 0.15) is 31.8 Å². The van der Waals surface area contributed by atoms with Crippen LogP contribution in [0, 0.1) is 6.92 Å². The van der Waals surface area contributed by atoms with E-state index in [1.165, 1.54) is 12.7 Å². The zero-order chi connectivity index (χ0) is 19.9. The maximum absolute atomic E-state index is 12.5. The molecule has 28 heavy (non-hydrogen) atoms. The first-order chi connectivity index (χ1) is 13.6. The number of para-hydroxylation sites is 1. The van der Waals surface area contributed by atoms with Gasteiger partial charge in [0, 0.05) is 18.3 Å². The second-order valence-corrected chi connectivity index (χ2v) is 6.26. The number of pyridine rings is 1. The van der Waals surface area contributed by atoms with Gasteiger partial charge in [-0.05, 0) is 36.8 Å². The number of esters is 1. The van der Waals surface area contributed by atoms with Gasteiger partial charge >= 0.3 is 5.97 Å². The number of hydrogen-bond acceptors (Lipinski definition) is 5. The van der Waals surface area contributed by atoms with Crippen molar-refractivity contribution in [1.29, 1.82) is 0 Å². The molecule has 2 aromatic carbocycles. The minimum atomic E-state index is -0.449. The number of amides is 1. The summed E-state index contributed by atoms with van der Waals surface area (Å²) >= 11 is 0. The van der Waals surface area contributed by atoms with Crippen LogP contribution in [0.2, 0.25) is 0 Å². The van der Waals surface area contributed by atoms with Crippen LogP contribution < -0.4 is 10.6 Å². The molecule has 0 aliphatic heterocycles. The lowest BCUT2D eigenvalue weighted by Crippen LogP contribution is -2.22. The van der Waals surface area contributed by atoms with Crippen molar-refractivity contribution in [2.45, 2.75) is 13.5 Å². The van der Waals surface area contributed by atoms with E-state index in [-0.39, 0.29) is 5.91 Å². The molecule has 0 bridgehead atoms. The summed E-state index contributed by atoms with van der Waals surface area (Å²) in [7, 11) is 1.33. The maximum Gasteiger partial charge on any atom is 0.339 e. The number of rotatable bonds is 6. The molecule has 3 rings (SSSR count). The largest absolute Gasteiger partial charge is 0.465 e. The normalized spacial score (nSPS) is 10.2. The zero-order valence-electron chi connectivity index (χ0n) is 15.7. The Morgan fingerprint density at radius 1 is 1.04 bits per heavy atom. The maximum atomic E-state index is 12.5. The van der Waals surface area contributed by atoms with Crippen molar-refractivity contribution in [3.63, 3.8) is 0 Å². The highest BCUT2D eigenvalue weighted by Gasteiger charge is 2.12. The lowest BCUT2D eigenvalue weighted by atomic mass is 10.1. The van der Waals surface area contributed by atoms with E-state index in [2.05, 4.69) is 15.6 Å². The minimum Gasteiger partial charge on any atom is -0.465 e. The van der Waals surface area contributed by atoms with Gasteiger partial charge in [0.1, 0.15) is 5.82 Å². The fraction of sp³-hybridized carbons (Fsp3) is 0.136. The Morgan fingerprint density at radius 2 is 1.79 bits per heavy atom. The number of carbonyl (C=O) groups excluding carboxylic acids is 2. The topological polar surface area (TPSA) is 80.3 Å². The van der Waals surface area contributed by atoms with Gasteiger partial charge < -0.3 is 15.4 Å². The highest BCUT2D eigenvalue weighted by Crippen LogP contribution is 2.21.